The second-order valence-corrected chi connectivity index (χ2v) is 5.57. The quantitative estimate of drug-likeness (QED) is 0.565. The Hall–Kier alpha value is -0.650. The summed E-state index contributed by atoms with van der Waals surface area (Å²) in [5.74, 6) is 0. The third kappa shape index (κ3) is 3.66. The molecule has 5 nitrogen and oxygen atoms in total. The number of quaternary nitrogens is 1. The molecule has 0 bridgehead atoms. The van der Waals surface area contributed by atoms with Crippen molar-refractivity contribution in [3.63, 3.8) is 0 Å². The Morgan fingerprint density at radius 3 is 2.29 bits per heavy atom. The van der Waals surface area contributed by atoms with Gasteiger partial charge in [0.2, 0.25) is 0 Å². The van der Waals surface area contributed by atoms with Gasteiger partial charge < -0.3 is 9.94 Å². The maximum atomic E-state index is 12.7. The monoisotopic (exact) mass is 244 g/mol. The van der Waals surface area contributed by atoms with Gasteiger partial charge in [-0.05, 0) is 40.0 Å². The summed E-state index contributed by atoms with van der Waals surface area (Å²) in [6.45, 7) is 8.88. The number of carbonyl (C=O) groups is 1. The van der Waals surface area contributed by atoms with Gasteiger partial charge in [0.15, 0.2) is 0 Å². The van der Waals surface area contributed by atoms with E-state index in [4.69, 9.17) is 4.74 Å². The molecule has 0 aromatic carbocycles. The van der Waals surface area contributed by atoms with Gasteiger partial charge >= 0.3 is 6.09 Å². The Morgan fingerprint density at radius 2 is 1.88 bits per heavy atom. The lowest BCUT2D eigenvalue weighted by atomic mass is 10.2. The van der Waals surface area contributed by atoms with Gasteiger partial charge in [0.1, 0.15) is 12.1 Å². The molecule has 0 aliphatic carbocycles. The molecule has 1 unspecified atom stereocenters. The SMILES string of the molecule is CCC[N+]([O-])(C(=O)OC(C)(C)C)N1CCCC1. The van der Waals surface area contributed by atoms with Crippen molar-refractivity contribution in [2.45, 2.75) is 52.6 Å². The third-order valence-corrected chi connectivity index (χ3v) is 2.74. The molecule has 5 heteroatoms. The lowest BCUT2D eigenvalue weighted by molar-refractivity contribution is -0.928. The third-order valence-electron chi connectivity index (χ3n) is 2.74. The summed E-state index contributed by atoms with van der Waals surface area (Å²) in [5.41, 5.74) is -0.613. The van der Waals surface area contributed by atoms with Crippen molar-refractivity contribution < 1.29 is 14.3 Å². The van der Waals surface area contributed by atoms with E-state index in [2.05, 4.69) is 0 Å². The molecule has 0 aromatic heterocycles. The van der Waals surface area contributed by atoms with Crippen LogP contribution in [0.25, 0.3) is 0 Å². The Bertz CT molecular complexity index is 269. The number of hydroxylamine groups is 2. The van der Waals surface area contributed by atoms with Crippen molar-refractivity contribution in [3.05, 3.63) is 5.21 Å². The van der Waals surface area contributed by atoms with Gasteiger partial charge in [-0.15, -0.1) is 5.01 Å². The summed E-state index contributed by atoms with van der Waals surface area (Å²) < 4.78 is 4.30. The number of nitrogens with zero attached hydrogens (tertiary/aromatic N) is 2. The summed E-state index contributed by atoms with van der Waals surface area (Å²) in [7, 11) is 0. The van der Waals surface area contributed by atoms with Crippen LogP contribution in [0, 0.1) is 5.21 Å². The van der Waals surface area contributed by atoms with Crippen molar-refractivity contribution >= 4 is 6.09 Å². The van der Waals surface area contributed by atoms with Crippen molar-refractivity contribution in [2.75, 3.05) is 19.6 Å². The van der Waals surface area contributed by atoms with Gasteiger partial charge in [0, 0.05) is 13.1 Å². The van der Waals surface area contributed by atoms with Crippen LogP contribution in [-0.2, 0) is 4.74 Å². The average molecular weight is 244 g/mol. The van der Waals surface area contributed by atoms with E-state index in [1.165, 1.54) is 0 Å². The standard InChI is InChI=1S/C12H24N2O3/c1-5-10-14(16,13-8-6-7-9-13)11(15)17-12(2,3)4/h5-10H2,1-4H3. The first kappa shape index (κ1) is 14.4. The topological polar surface area (TPSA) is 52.6 Å². The van der Waals surface area contributed by atoms with Crippen molar-refractivity contribution in [3.8, 4) is 0 Å². The number of ether oxygens (including phenoxy) is 1. The first-order chi connectivity index (χ1) is 7.79. The zero-order chi connectivity index (χ0) is 13.1. The molecule has 1 fully saturated rings. The highest BCUT2D eigenvalue weighted by Gasteiger charge is 2.40. The van der Waals surface area contributed by atoms with Crippen LogP contribution >= 0.6 is 0 Å². The summed E-state index contributed by atoms with van der Waals surface area (Å²) >= 11 is 0. The molecular weight excluding hydrogens is 220 g/mol. The number of rotatable bonds is 3. The van der Waals surface area contributed by atoms with Gasteiger partial charge in [0.25, 0.3) is 0 Å². The number of carbonyl (C=O) groups excluding carboxylic acids is 1. The molecule has 1 atom stereocenters. The van der Waals surface area contributed by atoms with E-state index in [-0.39, 0.29) is 6.54 Å². The van der Waals surface area contributed by atoms with Gasteiger partial charge in [-0.1, -0.05) is 6.92 Å². The van der Waals surface area contributed by atoms with Crippen molar-refractivity contribution in [1.29, 1.82) is 0 Å². The normalized spacial score (nSPS) is 21.2. The highest BCUT2D eigenvalue weighted by molar-refractivity contribution is 5.60. The fraction of sp³-hybridized carbons (Fsp3) is 0.917. The first-order valence-corrected chi connectivity index (χ1v) is 6.37. The van der Waals surface area contributed by atoms with E-state index in [0.717, 1.165) is 12.8 Å². The Labute approximate surface area is 103 Å². The molecular formula is C12H24N2O3. The summed E-state index contributed by atoms with van der Waals surface area (Å²) in [6, 6.07) is 0. The smallest absolute Gasteiger partial charge is 0.536 e. The van der Waals surface area contributed by atoms with Crippen LogP contribution in [0.4, 0.5) is 4.79 Å². The molecule has 1 aliphatic rings. The average Bonchev–Trinajstić information content (AvgIpc) is 2.68. The van der Waals surface area contributed by atoms with E-state index < -0.39 is 16.4 Å². The Balaban J connectivity index is 2.78. The summed E-state index contributed by atoms with van der Waals surface area (Å²) in [6.07, 6.45) is 1.95. The van der Waals surface area contributed by atoms with E-state index in [1.807, 2.05) is 6.92 Å². The Kier molecular flexibility index (Phi) is 4.52. The van der Waals surface area contributed by atoms with Crippen LogP contribution in [0.3, 0.4) is 0 Å². The number of amides is 1. The molecule has 17 heavy (non-hydrogen) atoms. The Morgan fingerprint density at radius 1 is 1.35 bits per heavy atom. The molecule has 100 valence electrons. The minimum atomic E-state index is -0.951. The molecule has 1 aliphatic heterocycles. The van der Waals surface area contributed by atoms with Crippen molar-refractivity contribution in [1.82, 2.24) is 5.01 Å². The first-order valence-electron chi connectivity index (χ1n) is 6.37. The second-order valence-electron chi connectivity index (χ2n) is 5.57. The zero-order valence-corrected chi connectivity index (χ0v) is 11.4. The van der Waals surface area contributed by atoms with Gasteiger partial charge in [-0.25, -0.2) is 0 Å². The minimum absolute atomic E-state index is 0.259. The highest BCUT2D eigenvalue weighted by Crippen LogP contribution is 2.23. The molecule has 0 aromatic rings. The second kappa shape index (κ2) is 5.33. The molecule has 1 heterocycles. The van der Waals surface area contributed by atoms with Crippen LogP contribution in [0.5, 0.6) is 0 Å². The molecule has 0 spiro atoms. The van der Waals surface area contributed by atoms with E-state index in [1.54, 1.807) is 25.8 Å². The largest absolute Gasteiger partial charge is 0.601 e. The fourth-order valence-corrected chi connectivity index (χ4v) is 2.01. The minimum Gasteiger partial charge on any atom is -0.601 e. The number of hydrogen-bond donors (Lipinski definition) is 0. The van der Waals surface area contributed by atoms with Crippen LogP contribution in [0.15, 0.2) is 0 Å². The maximum Gasteiger partial charge on any atom is 0.536 e. The zero-order valence-electron chi connectivity index (χ0n) is 11.4. The van der Waals surface area contributed by atoms with Crippen molar-refractivity contribution in [2.24, 2.45) is 0 Å². The van der Waals surface area contributed by atoms with E-state index in [0.29, 0.717) is 19.5 Å². The van der Waals surface area contributed by atoms with Crippen LogP contribution in [0.2, 0.25) is 0 Å². The van der Waals surface area contributed by atoms with Gasteiger partial charge in [-0.3, -0.25) is 0 Å². The van der Waals surface area contributed by atoms with E-state index >= 15 is 0 Å². The maximum absolute atomic E-state index is 12.7. The molecule has 1 rings (SSSR count). The van der Waals surface area contributed by atoms with E-state index in [9.17, 15) is 10.0 Å². The number of hydrogen-bond acceptors (Lipinski definition) is 4. The van der Waals surface area contributed by atoms with Crippen LogP contribution in [-0.4, -0.2) is 41.1 Å². The molecule has 0 radical (unpaired) electrons. The van der Waals surface area contributed by atoms with Crippen LogP contribution in [0.1, 0.15) is 47.0 Å². The predicted molar refractivity (Wildman–Crippen MR) is 65.8 cm³/mol. The molecule has 1 saturated heterocycles. The predicted octanol–water partition coefficient (Wildman–Crippen LogP) is 2.66. The van der Waals surface area contributed by atoms with Gasteiger partial charge in [-0.2, -0.15) is 9.55 Å². The molecule has 1 amide bonds. The lowest BCUT2D eigenvalue weighted by Crippen LogP contribution is -2.60. The van der Waals surface area contributed by atoms with Crippen LogP contribution < -0.4 is 0 Å². The fourth-order valence-electron chi connectivity index (χ4n) is 2.01. The highest BCUT2D eigenvalue weighted by atomic mass is 16.7. The molecule has 0 N–H and O–H groups in total. The lowest BCUT2D eigenvalue weighted by Gasteiger charge is -2.44. The summed E-state index contributed by atoms with van der Waals surface area (Å²) in [5, 5.41) is 14.3. The molecule has 0 saturated carbocycles. The summed E-state index contributed by atoms with van der Waals surface area (Å²) in [4.78, 5) is 12.1. The van der Waals surface area contributed by atoms with Gasteiger partial charge in [0.05, 0.1) is 0 Å².